The van der Waals surface area contributed by atoms with Gasteiger partial charge in [0.15, 0.2) is 0 Å². The lowest BCUT2D eigenvalue weighted by atomic mass is 10.1. The first-order chi connectivity index (χ1) is 8.61. The number of unbranched alkanes of at least 4 members (excludes halogenated alkanes) is 1. The van der Waals surface area contributed by atoms with Gasteiger partial charge >= 0.3 is 0 Å². The molecule has 1 N–H and O–H groups in total. The van der Waals surface area contributed by atoms with Crippen molar-refractivity contribution in [2.24, 2.45) is 0 Å². The summed E-state index contributed by atoms with van der Waals surface area (Å²) >= 11 is 9.28. The third-order valence-corrected chi connectivity index (χ3v) is 3.42. The first-order valence-corrected chi connectivity index (χ1v) is 7.71. The van der Waals surface area contributed by atoms with Crippen LogP contribution in [0.1, 0.15) is 31.7 Å². The van der Waals surface area contributed by atoms with Crippen molar-refractivity contribution in [3.8, 4) is 0 Å². The molecule has 1 atom stereocenters. The lowest BCUT2D eigenvalue weighted by Gasteiger charge is -2.14. The largest absolute Gasteiger partial charge is 0.353 e. The van der Waals surface area contributed by atoms with Crippen LogP contribution < -0.4 is 5.32 Å². The van der Waals surface area contributed by atoms with Crippen LogP contribution in [0, 0.1) is 0 Å². The van der Waals surface area contributed by atoms with Crippen LogP contribution in [0.5, 0.6) is 0 Å². The van der Waals surface area contributed by atoms with Crippen LogP contribution in [0.4, 0.5) is 0 Å². The van der Waals surface area contributed by atoms with Crippen molar-refractivity contribution in [1.29, 1.82) is 0 Å². The Balaban J connectivity index is 2.32. The highest BCUT2D eigenvalue weighted by Crippen LogP contribution is 2.12. The van der Waals surface area contributed by atoms with Crippen molar-refractivity contribution in [2.45, 2.75) is 38.6 Å². The van der Waals surface area contributed by atoms with Crippen molar-refractivity contribution < 1.29 is 4.79 Å². The van der Waals surface area contributed by atoms with Gasteiger partial charge in [0.2, 0.25) is 5.91 Å². The molecule has 1 rings (SSSR count). The average molecular weight is 333 g/mol. The average Bonchev–Trinajstić information content (AvgIpc) is 2.29. The molecule has 1 amide bonds. The van der Waals surface area contributed by atoms with Gasteiger partial charge in [-0.25, -0.2) is 0 Å². The number of alkyl halides is 1. The Morgan fingerprint density at radius 1 is 1.44 bits per heavy atom. The topological polar surface area (TPSA) is 29.1 Å². The number of rotatable bonds is 7. The lowest BCUT2D eigenvalue weighted by molar-refractivity contribution is -0.121. The maximum Gasteiger partial charge on any atom is 0.220 e. The molecule has 0 spiro atoms. The molecule has 0 bridgehead atoms. The number of benzene rings is 1. The molecular weight excluding hydrogens is 314 g/mol. The van der Waals surface area contributed by atoms with E-state index < -0.39 is 0 Å². The van der Waals surface area contributed by atoms with Crippen molar-refractivity contribution in [3.05, 3.63) is 34.9 Å². The van der Waals surface area contributed by atoms with E-state index in [0.29, 0.717) is 6.42 Å². The van der Waals surface area contributed by atoms with Crippen LogP contribution in [0.15, 0.2) is 24.3 Å². The zero-order valence-corrected chi connectivity index (χ0v) is 12.9. The SMILES string of the molecule is CC(Cc1cccc(Cl)c1)NC(=O)CCCCBr. The van der Waals surface area contributed by atoms with E-state index in [1.807, 2.05) is 31.2 Å². The summed E-state index contributed by atoms with van der Waals surface area (Å²) in [5.41, 5.74) is 1.15. The Bertz CT molecular complexity index is 384. The number of amides is 1. The molecule has 1 unspecified atom stereocenters. The number of carbonyl (C=O) groups excluding carboxylic acids is 1. The van der Waals surface area contributed by atoms with E-state index in [9.17, 15) is 4.79 Å². The molecule has 4 heteroatoms. The van der Waals surface area contributed by atoms with E-state index in [-0.39, 0.29) is 11.9 Å². The molecule has 18 heavy (non-hydrogen) atoms. The highest BCUT2D eigenvalue weighted by atomic mass is 79.9. The van der Waals surface area contributed by atoms with Gasteiger partial charge in [-0.1, -0.05) is 39.7 Å². The fraction of sp³-hybridized carbons (Fsp3) is 0.500. The molecule has 1 aromatic rings. The second-order valence-corrected chi connectivity index (χ2v) is 5.68. The minimum Gasteiger partial charge on any atom is -0.353 e. The van der Waals surface area contributed by atoms with E-state index in [0.717, 1.165) is 35.2 Å². The van der Waals surface area contributed by atoms with Crippen molar-refractivity contribution in [3.63, 3.8) is 0 Å². The molecule has 2 nitrogen and oxygen atoms in total. The normalized spacial score (nSPS) is 12.2. The Hall–Kier alpha value is -0.540. The quantitative estimate of drug-likeness (QED) is 0.594. The van der Waals surface area contributed by atoms with Gasteiger partial charge in [0, 0.05) is 22.8 Å². The van der Waals surface area contributed by atoms with Gasteiger partial charge in [-0.2, -0.15) is 0 Å². The van der Waals surface area contributed by atoms with E-state index in [4.69, 9.17) is 11.6 Å². The first-order valence-electron chi connectivity index (χ1n) is 6.21. The molecule has 100 valence electrons. The fourth-order valence-corrected chi connectivity index (χ4v) is 2.40. The number of hydrogen-bond donors (Lipinski definition) is 1. The van der Waals surface area contributed by atoms with Crippen LogP contribution in [0.2, 0.25) is 5.02 Å². The zero-order chi connectivity index (χ0) is 13.4. The molecule has 0 aliphatic rings. The van der Waals surface area contributed by atoms with Gasteiger partial charge in [0.1, 0.15) is 0 Å². The minimum atomic E-state index is 0.130. The summed E-state index contributed by atoms with van der Waals surface area (Å²) in [6.07, 6.45) is 3.38. The Labute approximate surface area is 122 Å². The molecule has 0 aliphatic heterocycles. The van der Waals surface area contributed by atoms with E-state index in [1.54, 1.807) is 0 Å². The van der Waals surface area contributed by atoms with Crippen LogP contribution in [-0.4, -0.2) is 17.3 Å². The first kappa shape index (κ1) is 15.5. The Kier molecular flexibility index (Phi) is 7.36. The van der Waals surface area contributed by atoms with Crippen molar-refractivity contribution in [2.75, 3.05) is 5.33 Å². The molecule has 0 saturated heterocycles. The molecular formula is C14H19BrClNO. The predicted molar refractivity (Wildman–Crippen MR) is 80.4 cm³/mol. The summed E-state index contributed by atoms with van der Waals surface area (Å²) in [6, 6.07) is 7.89. The van der Waals surface area contributed by atoms with E-state index >= 15 is 0 Å². The monoisotopic (exact) mass is 331 g/mol. The second-order valence-electron chi connectivity index (χ2n) is 4.45. The van der Waals surface area contributed by atoms with Crippen molar-refractivity contribution in [1.82, 2.24) is 5.32 Å². The molecule has 1 aromatic carbocycles. The second kappa shape index (κ2) is 8.54. The maximum absolute atomic E-state index is 11.6. The summed E-state index contributed by atoms with van der Waals surface area (Å²) in [5.74, 6) is 0.130. The molecule has 0 saturated carbocycles. The molecule has 0 fully saturated rings. The van der Waals surface area contributed by atoms with Crippen LogP contribution >= 0.6 is 27.5 Å². The lowest BCUT2D eigenvalue weighted by Crippen LogP contribution is -2.33. The maximum atomic E-state index is 11.6. The Morgan fingerprint density at radius 3 is 2.89 bits per heavy atom. The smallest absolute Gasteiger partial charge is 0.220 e. The summed E-state index contributed by atoms with van der Waals surface area (Å²) in [5, 5.41) is 4.71. The third kappa shape index (κ3) is 6.41. The third-order valence-electron chi connectivity index (χ3n) is 2.63. The fourth-order valence-electron chi connectivity index (χ4n) is 1.80. The van der Waals surface area contributed by atoms with Crippen LogP contribution in [0.25, 0.3) is 0 Å². The van der Waals surface area contributed by atoms with Crippen LogP contribution in [0.3, 0.4) is 0 Å². The van der Waals surface area contributed by atoms with Crippen LogP contribution in [-0.2, 0) is 11.2 Å². The molecule has 0 aromatic heterocycles. The summed E-state index contributed by atoms with van der Waals surface area (Å²) in [7, 11) is 0. The van der Waals surface area contributed by atoms with Gasteiger partial charge in [0.25, 0.3) is 0 Å². The van der Waals surface area contributed by atoms with Gasteiger partial charge in [-0.3, -0.25) is 4.79 Å². The van der Waals surface area contributed by atoms with E-state index in [2.05, 4.69) is 21.2 Å². The van der Waals surface area contributed by atoms with Gasteiger partial charge in [0.05, 0.1) is 0 Å². The molecule has 0 radical (unpaired) electrons. The minimum absolute atomic E-state index is 0.130. The van der Waals surface area contributed by atoms with E-state index in [1.165, 1.54) is 0 Å². The summed E-state index contributed by atoms with van der Waals surface area (Å²) < 4.78 is 0. The summed E-state index contributed by atoms with van der Waals surface area (Å²) in [6.45, 7) is 2.02. The van der Waals surface area contributed by atoms with Gasteiger partial charge in [-0.05, 0) is 43.9 Å². The standard InChI is InChI=1S/C14H19BrClNO/c1-11(17-14(18)7-2-3-8-15)9-12-5-4-6-13(16)10-12/h4-6,10-11H,2-3,7-9H2,1H3,(H,17,18). The van der Waals surface area contributed by atoms with Crippen molar-refractivity contribution >= 4 is 33.4 Å². The molecule has 0 aliphatic carbocycles. The number of carbonyl (C=O) groups is 1. The number of nitrogens with one attached hydrogen (secondary N) is 1. The summed E-state index contributed by atoms with van der Waals surface area (Å²) in [4.78, 5) is 11.6. The zero-order valence-electron chi connectivity index (χ0n) is 10.6. The van der Waals surface area contributed by atoms with Gasteiger partial charge in [-0.15, -0.1) is 0 Å². The number of halogens is 2. The predicted octanol–water partition coefficient (Wildman–Crippen LogP) is 3.95. The van der Waals surface area contributed by atoms with Gasteiger partial charge < -0.3 is 5.32 Å². The highest BCUT2D eigenvalue weighted by Gasteiger charge is 2.08. The highest BCUT2D eigenvalue weighted by molar-refractivity contribution is 9.09. The number of hydrogen-bond acceptors (Lipinski definition) is 1. The molecule has 0 heterocycles. The Morgan fingerprint density at radius 2 is 2.22 bits per heavy atom.